The number of nitrogens with zero attached hydrogens (tertiary/aromatic N) is 1. The fourth-order valence-corrected chi connectivity index (χ4v) is 4.45. The molecule has 3 aromatic carbocycles. The number of amides is 2. The van der Waals surface area contributed by atoms with Crippen molar-refractivity contribution in [1.82, 2.24) is 10.2 Å². The molecule has 0 unspecified atom stereocenters. The van der Waals surface area contributed by atoms with Crippen molar-refractivity contribution in [1.29, 1.82) is 0 Å². The van der Waals surface area contributed by atoms with E-state index >= 15 is 0 Å². The number of carbonyl (C=O) groups excluding carboxylic acids is 2. The number of halogens is 2. The number of hydrogen-bond acceptors (Lipinski definition) is 3. The molecule has 184 valence electrons. The zero-order chi connectivity index (χ0) is 25.4. The maximum absolute atomic E-state index is 13.6. The predicted molar refractivity (Wildman–Crippen MR) is 144 cm³/mol. The Morgan fingerprint density at radius 2 is 1.71 bits per heavy atom. The van der Waals surface area contributed by atoms with Gasteiger partial charge in [0, 0.05) is 23.5 Å². The van der Waals surface area contributed by atoms with Crippen LogP contribution in [-0.2, 0) is 22.6 Å². The number of aryl methyl sites for hydroxylation is 1. The molecule has 1 N–H and O–H groups in total. The van der Waals surface area contributed by atoms with Gasteiger partial charge in [0.2, 0.25) is 5.91 Å². The summed E-state index contributed by atoms with van der Waals surface area (Å²) in [5.41, 5.74) is 2.98. The molecule has 0 aromatic heterocycles. The minimum atomic E-state index is -0.712. The van der Waals surface area contributed by atoms with Crippen molar-refractivity contribution in [3.63, 3.8) is 0 Å². The van der Waals surface area contributed by atoms with Crippen LogP contribution in [0.15, 0.2) is 77.3 Å². The van der Waals surface area contributed by atoms with Crippen LogP contribution in [0, 0.1) is 6.92 Å². The van der Waals surface area contributed by atoms with Gasteiger partial charge in [-0.3, -0.25) is 9.59 Å². The lowest BCUT2D eigenvalue weighted by atomic mass is 10.0. The summed E-state index contributed by atoms with van der Waals surface area (Å²) in [5.74, 6) is -0.0927. The maximum atomic E-state index is 13.6. The quantitative estimate of drug-likeness (QED) is 0.335. The predicted octanol–water partition coefficient (Wildman–Crippen LogP) is 5.95. The molecule has 0 saturated heterocycles. The van der Waals surface area contributed by atoms with Crippen LogP contribution < -0.4 is 10.1 Å². The van der Waals surface area contributed by atoms with E-state index in [0.717, 1.165) is 21.2 Å². The first kappa shape index (κ1) is 26.8. The molecule has 0 heterocycles. The van der Waals surface area contributed by atoms with E-state index in [1.807, 2.05) is 75.4 Å². The second-order valence-corrected chi connectivity index (χ2v) is 10.0. The van der Waals surface area contributed by atoms with Gasteiger partial charge >= 0.3 is 0 Å². The lowest BCUT2D eigenvalue weighted by Crippen LogP contribution is -2.52. The van der Waals surface area contributed by atoms with Crippen molar-refractivity contribution in [3.05, 3.63) is 99.0 Å². The van der Waals surface area contributed by atoms with Crippen molar-refractivity contribution in [2.75, 3.05) is 6.61 Å². The van der Waals surface area contributed by atoms with Gasteiger partial charge in [0.25, 0.3) is 5.91 Å². The lowest BCUT2D eigenvalue weighted by Gasteiger charge is -2.32. The normalized spacial score (nSPS) is 11.7. The molecular weight excluding hydrogens is 528 g/mol. The third kappa shape index (κ3) is 7.84. The van der Waals surface area contributed by atoms with E-state index in [4.69, 9.17) is 16.3 Å². The van der Waals surface area contributed by atoms with Gasteiger partial charge in [0.05, 0.1) is 5.02 Å². The van der Waals surface area contributed by atoms with Gasteiger partial charge < -0.3 is 15.0 Å². The molecule has 0 fully saturated rings. The Kier molecular flexibility index (Phi) is 9.75. The van der Waals surface area contributed by atoms with Gasteiger partial charge in [-0.1, -0.05) is 82.1 Å². The van der Waals surface area contributed by atoms with Crippen LogP contribution in [0.3, 0.4) is 0 Å². The van der Waals surface area contributed by atoms with Crippen LogP contribution in [0.2, 0.25) is 5.02 Å². The molecular formula is C28H30BrClN2O3. The first-order chi connectivity index (χ1) is 16.7. The number of nitrogens with one attached hydrogen (secondary N) is 1. The first-order valence-corrected chi connectivity index (χ1v) is 12.7. The zero-order valence-electron chi connectivity index (χ0n) is 20.1. The van der Waals surface area contributed by atoms with Gasteiger partial charge in [-0.25, -0.2) is 0 Å². The summed E-state index contributed by atoms with van der Waals surface area (Å²) in [5, 5.41) is 3.39. The molecule has 0 radical (unpaired) electrons. The number of hydrogen-bond donors (Lipinski definition) is 1. The Morgan fingerprint density at radius 3 is 2.37 bits per heavy atom. The summed E-state index contributed by atoms with van der Waals surface area (Å²) < 4.78 is 6.60. The summed E-state index contributed by atoms with van der Waals surface area (Å²) in [7, 11) is 0. The van der Waals surface area contributed by atoms with Gasteiger partial charge in [-0.15, -0.1) is 0 Å². The van der Waals surface area contributed by atoms with E-state index in [1.54, 1.807) is 23.1 Å². The second-order valence-electron chi connectivity index (χ2n) is 8.68. The van der Waals surface area contributed by atoms with Gasteiger partial charge in [-0.2, -0.15) is 0 Å². The van der Waals surface area contributed by atoms with E-state index in [-0.39, 0.29) is 31.0 Å². The average Bonchev–Trinajstić information content (AvgIpc) is 2.82. The molecule has 1 atom stereocenters. The zero-order valence-corrected chi connectivity index (χ0v) is 22.5. The monoisotopic (exact) mass is 556 g/mol. The summed E-state index contributed by atoms with van der Waals surface area (Å²) in [6.07, 6.45) is 0.385. The highest BCUT2D eigenvalue weighted by molar-refractivity contribution is 9.10. The summed E-state index contributed by atoms with van der Waals surface area (Å²) >= 11 is 9.65. The van der Waals surface area contributed by atoms with Crippen LogP contribution in [0.1, 0.15) is 30.5 Å². The lowest BCUT2D eigenvalue weighted by molar-refractivity contribution is -0.143. The van der Waals surface area contributed by atoms with E-state index in [1.165, 1.54) is 0 Å². The topological polar surface area (TPSA) is 58.6 Å². The third-order valence-electron chi connectivity index (χ3n) is 5.55. The fourth-order valence-electron chi connectivity index (χ4n) is 3.72. The molecule has 2 amide bonds. The SMILES string of the molecule is Cc1ccccc1CN(C(=O)COc1ccc(Br)cc1Cl)[C@H](Cc1ccccc1)C(=O)NC(C)C. The van der Waals surface area contributed by atoms with E-state index in [9.17, 15) is 9.59 Å². The highest BCUT2D eigenvalue weighted by atomic mass is 79.9. The van der Waals surface area contributed by atoms with Gasteiger partial charge in [0.1, 0.15) is 11.8 Å². The summed E-state index contributed by atoms with van der Waals surface area (Å²) in [4.78, 5) is 28.6. The summed E-state index contributed by atoms with van der Waals surface area (Å²) in [6, 6.07) is 22.0. The molecule has 5 nitrogen and oxygen atoms in total. The smallest absolute Gasteiger partial charge is 0.261 e. The molecule has 0 saturated carbocycles. The molecule has 3 rings (SSSR count). The van der Waals surface area contributed by atoms with Crippen LogP contribution in [0.5, 0.6) is 5.75 Å². The maximum Gasteiger partial charge on any atom is 0.261 e. The highest BCUT2D eigenvalue weighted by Gasteiger charge is 2.31. The van der Waals surface area contributed by atoms with Crippen LogP contribution in [-0.4, -0.2) is 35.4 Å². The van der Waals surface area contributed by atoms with E-state index < -0.39 is 6.04 Å². The van der Waals surface area contributed by atoms with Crippen LogP contribution in [0.4, 0.5) is 0 Å². The highest BCUT2D eigenvalue weighted by Crippen LogP contribution is 2.28. The summed E-state index contributed by atoms with van der Waals surface area (Å²) in [6.45, 7) is 5.85. The molecule has 0 spiro atoms. The molecule has 3 aromatic rings. The van der Waals surface area contributed by atoms with E-state index in [0.29, 0.717) is 17.2 Å². The van der Waals surface area contributed by atoms with Crippen molar-refractivity contribution >= 4 is 39.3 Å². The van der Waals surface area contributed by atoms with Crippen LogP contribution in [0.25, 0.3) is 0 Å². The second kappa shape index (κ2) is 12.8. The molecule has 0 aliphatic heterocycles. The molecule has 0 aliphatic rings. The Hall–Kier alpha value is -2.83. The minimum Gasteiger partial charge on any atom is -0.482 e. The molecule has 0 bridgehead atoms. The third-order valence-corrected chi connectivity index (χ3v) is 6.34. The van der Waals surface area contributed by atoms with Gasteiger partial charge in [0.15, 0.2) is 6.61 Å². The Morgan fingerprint density at radius 1 is 1.03 bits per heavy atom. The fraction of sp³-hybridized carbons (Fsp3) is 0.286. The minimum absolute atomic E-state index is 0.0611. The van der Waals surface area contributed by atoms with Crippen molar-refractivity contribution in [2.24, 2.45) is 0 Å². The number of rotatable bonds is 10. The largest absolute Gasteiger partial charge is 0.482 e. The van der Waals surface area contributed by atoms with E-state index in [2.05, 4.69) is 21.2 Å². The molecule has 0 aliphatic carbocycles. The number of ether oxygens (including phenoxy) is 1. The number of carbonyl (C=O) groups is 2. The first-order valence-electron chi connectivity index (χ1n) is 11.5. The van der Waals surface area contributed by atoms with Crippen molar-refractivity contribution in [3.8, 4) is 5.75 Å². The Labute approximate surface area is 220 Å². The van der Waals surface area contributed by atoms with Crippen molar-refractivity contribution < 1.29 is 14.3 Å². The van der Waals surface area contributed by atoms with Crippen molar-refractivity contribution in [2.45, 2.75) is 45.8 Å². The average molecular weight is 558 g/mol. The van der Waals surface area contributed by atoms with Crippen LogP contribution >= 0.6 is 27.5 Å². The molecule has 7 heteroatoms. The number of benzene rings is 3. The Balaban J connectivity index is 1.93. The Bertz CT molecular complexity index is 1150. The molecule has 35 heavy (non-hydrogen) atoms. The standard InChI is InChI=1S/C28H30BrClN2O3/c1-19(2)31-28(34)25(15-21-10-5-4-6-11-21)32(17-22-12-8-7-9-20(22)3)27(33)18-35-26-14-13-23(29)16-24(26)30/h4-14,16,19,25H,15,17-18H2,1-3H3,(H,31,34)/t25-/m1/s1. The van der Waals surface area contributed by atoms with Gasteiger partial charge in [-0.05, 0) is 55.7 Å².